The molecule has 2 heterocycles. The van der Waals surface area contributed by atoms with Crippen LogP contribution in [-0.2, 0) is 6.61 Å². The highest BCUT2D eigenvalue weighted by molar-refractivity contribution is 9.10. The molecule has 0 aliphatic rings. The van der Waals surface area contributed by atoms with Gasteiger partial charge in [0.15, 0.2) is 5.65 Å². The Hall–Kier alpha value is -2.66. The number of ether oxygens (including phenoxy) is 1. The van der Waals surface area contributed by atoms with Crippen LogP contribution in [0.25, 0.3) is 16.7 Å². The van der Waals surface area contributed by atoms with Crippen LogP contribution in [0.3, 0.4) is 0 Å². The van der Waals surface area contributed by atoms with Gasteiger partial charge >= 0.3 is 0 Å². The molecule has 0 fully saturated rings. The van der Waals surface area contributed by atoms with Crippen LogP contribution < -0.4 is 4.74 Å². The normalized spacial score (nSPS) is 11.0. The Morgan fingerprint density at radius 3 is 2.58 bits per heavy atom. The molecule has 4 rings (SSSR count). The van der Waals surface area contributed by atoms with E-state index >= 15 is 0 Å². The van der Waals surface area contributed by atoms with Gasteiger partial charge in [0, 0.05) is 15.9 Å². The van der Waals surface area contributed by atoms with E-state index in [0.29, 0.717) is 12.5 Å². The lowest BCUT2D eigenvalue weighted by atomic mass is 10.1. The molecule has 130 valence electrons. The second kappa shape index (κ2) is 6.92. The third-order valence-corrected chi connectivity index (χ3v) is 4.76. The Morgan fingerprint density at radius 1 is 1.00 bits per heavy atom. The first-order chi connectivity index (χ1) is 12.6. The summed E-state index contributed by atoms with van der Waals surface area (Å²) < 4.78 is 8.88. The van der Waals surface area contributed by atoms with E-state index in [2.05, 4.69) is 28.0 Å². The summed E-state index contributed by atoms with van der Waals surface area (Å²) in [4.78, 5) is 4.74. The van der Waals surface area contributed by atoms with Crippen molar-refractivity contribution in [2.45, 2.75) is 20.5 Å². The van der Waals surface area contributed by atoms with Gasteiger partial charge in [0.25, 0.3) is 0 Å². The predicted octanol–water partition coefficient (Wildman–Crippen LogP) is 5.38. The summed E-state index contributed by atoms with van der Waals surface area (Å²) >= 11 is 3.49. The molecule has 0 unspecified atom stereocenters. The van der Waals surface area contributed by atoms with Gasteiger partial charge in [-0.3, -0.25) is 0 Å². The van der Waals surface area contributed by atoms with Crippen molar-refractivity contribution in [2.75, 3.05) is 0 Å². The fourth-order valence-electron chi connectivity index (χ4n) is 3.08. The van der Waals surface area contributed by atoms with Crippen molar-refractivity contribution < 1.29 is 4.74 Å². The summed E-state index contributed by atoms with van der Waals surface area (Å²) in [6.07, 6.45) is 0. The number of fused-ring (bicyclic) bond motifs is 1. The lowest BCUT2D eigenvalue weighted by Crippen LogP contribution is -2.01. The van der Waals surface area contributed by atoms with Crippen LogP contribution in [0.5, 0.6) is 5.88 Å². The maximum atomic E-state index is 5.96. The van der Waals surface area contributed by atoms with Crippen LogP contribution in [0.2, 0.25) is 0 Å². The molecule has 2 aromatic carbocycles. The quantitative estimate of drug-likeness (QED) is 0.455. The highest BCUT2D eigenvalue weighted by Gasteiger charge is 2.14. The number of pyridine rings is 1. The number of benzene rings is 2. The first kappa shape index (κ1) is 16.8. The molecule has 0 saturated carbocycles. The maximum Gasteiger partial charge on any atom is 0.215 e. The monoisotopic (exact) mass is 407 g/mol. The molecule has 0 amide bonds. The number of aryl methyl sites for hydroxylation is 2. The zero-order valence-corrected chi connectivity index (χ0v) is 16.2. The predicted molar refractivity (Wildman–Crippen MR) is 107 cm³/mol. The van der Waals surface area contributed by atoms with Crippen molar-refractivity contribution in [3.63, 3.8) is 0 Å². The topological polar surface area (TPSA) is 39.9 Å². The molecule has 0 radical (unpaired) electrons. The molecular weight excluding hydrogens is 390 g/mol. The second-order valence-corrected chi connectivity index (χ2v) is 7.14. The van der Waals surface area contributed by atoms with Crippen LogP contribution >= 0.6 is 15.9 Å². The Balaban J connectivity index is 1.73. The Morgan fingerprint density at radius 2 is 1.81 bits per heavy atom. The first-order valence-corrected chi connectivity index (χ1v) is 9.21. The smallest absolute Gasteiger partial charge is 0.215 e. The van der Waals surface area contributed by atoms with Gasteiger partial charge in [-0.2, -0.15) is 10.1 Å². The van der Waals surface area contributed by atoms with E-state index in [1.807, 2.05) is 72.3 Å². The molecule has 0 N–H and O–H groups in total. The van der Waals surface area contributed by atoms with E-state index in [9.17, 15) is 0 Å². The number of hydrogen-bond acceptors (Lipinski definition) is 3. The lowest BCUT2D eigenvalue weighted by molar-refractivity contribution is 0.294. The van der Waals surface area contributed by atoms with Gasteiger partial charge in [-0.15, -0.1) is 0 Å². The minimum absolute atomic E-state index is 0.468. The highest BCUT2D eigenvalue weighted by Crippen LogP contribution is 2.27. The van der Waals surface area contributed by atoms with Crippen LogP contribution in [0.4, 0.5) is 0 Å². The molecule has 0 bridgehead atoms. The third-order valence-electron chi connectivity index (χ3n) is 4.26. The van der Waals surface area contributed by atoms with Crippen molar-refractivity contribution >= 4 is 27.0 Å². The molecule has 2 aromatic heterocycles. The van der Waals surface area contributed by atoms with Gasteiger partial charge in [0.05, 0.1) is 11.4 Å². The molecule has 0 aliphatic carbocycles. The summed E-state index contributed by atoms with van der Waals surface area (Å²) in [7, 11) is 0. The number of hydrogen-bond donors (Lipinski definition) is 0. The first-order valence-electron chi connectivity index (χ1n) is 8.41. The van der Waals surface area contributed by atoms with Gasteiger partial charge in [-0.05, 0) is 49.2 Å². The Kier molecular flexibility index (Phi) is 4.47. The van der Waals surface area contributed by atoms with Crippen molar-refractivity contribution in [1.82, 2.24) is 14.8 Å². The Labute approximate surface area is 160 Å². The van der Waals surface area contributed by atoms with E-state index < -0.39 is 0 Å². The van der Waals surface area contributed by atoms with Crippen molar-refractivity contribution in [2.24, 2.45) is 0 Å². The largest absolute Gasteiger partial charge is 0.473 e. The number of halogens is 1. The van der Waals surface area contributed by atoms with Gasteiger partial charge in [-0.25, -0.2) is 4.68 Å². The van der Waals surface area contributed by atoms with Crippen molar-refractivity contribution in [3.8, 4) is 11.6 Å². The second-order valence-electron chi connectivity index (χ2n) is 6.23. The minimum atomic E-state index is 0.468. The molecule has 0 aliphatic heterocycles. The fourth-order valence-corrected chi connectivity index (χ4v) is 3.53. The zero-order chi connectivity index (χ0) is 18.1. The number of aromatic nitrogens is 3. The van der Waals surface area contributed by atoms with Gasteiger partial charge in [-0.1, -0.05) is 46.3 Å². The van der Waals surface area contributed by atoms with Crippen molar-refractivity contribution in [3.05, 3.63) is 82.0 Å². The van der Waals surface area contributed by atoms with Gasteiger partial charge in [0.1, 0.15) is 6.61 Å². The number of para-hydroxylation sites is 1. The van der Waals surface area contributed by atoms with E-state index in [4.69, 9.17) is 9.72 Å². The van der Waals surface area contributed by atoms with Crippen LogP contribution in [0.15, 0.2) is 65.1 Å². The molecule has 0 spiro atoms. The summed E-state index contributed by atoms with van der Waals surface area (Å²) in [6, 6.07) is 20.1. The van der Waals surface area contributed by atoms with E-state index in [-0.39, 0.29) is 0 Å². The van der Waals surface area contributed by atoms with E-state index in [0.717, 1.165) is 38.0 Å². The van der Waals surface area contributed by atoms with Crippen molar-refractivity contribution in [1.29, 1.82) is 0 Å². The molecule has 0 saturated heterocycles. The summed E-state index contributed by atoms with van der Waals surface area (Å²) in [5.74, 6) is 0.604. The number of rotatable bonds is 4. The maximum absolute atomic E-state index is 5.96. The summed E-state index contributed by atoms with van der Waals surface area (Å²) in [6.45, 7) is 4.55. The molecule has 5 heteroatoms. The van der Waals surface area contributed by atoms with Gasteiger partial charge in [0.2, 0.25) is 5.88 Å². The standard InChI is InChI=1S/C21H18BrN3O/c1-14-11-19(26-13-16-7-6-8-17(22)12-16)23-21-20(14)15(2)24-25(21)18-9-4-3-5-10-18/h3-12H,13H2,1-2H3. The van der Waals surface area contributed by atoms with Crippen LogP contribution in [-0.4, -0.2) is 14.8 Å². The molecule has 4 aromatic rings. The average molecular weight is 408 g/mol. The molecule has 0 atom stereocenters. The minimum Gasteiger partial charge on any atom is -0.473 e. The fraction of sp³-hybridized carbons (Fsp3) is 0.143. The average Bonchev–Trinajstić information content (AvgIpc) is 2.98. The summed E-state index contributed by atoms with van der Waals surface area (Å²) in [5, 5.41) is 5.76. The lowest BCUT2D eigenvalue weighted by Gasteiger charge is -2.09. The van der Waals surface area contributed by atoms with Gasteiger partial charge < -0.3 is 4.74 Å². The van der Waals surface area contributed by atoms with E-state index in [1.165, 1.54) is 0 Å². The highest BCUT2D eigenvalue weighted by atomic mass is 79.9. The molecular formula is C21H18BrN3O. The summed E-state index contributed by atoms with van der Waals surface area (Å²) in [5.41, 5.74) is 4.97. The third kappa shape index (κ3) is 3.22. The number of nitrogens with zero attached hydrogens (tertiary/aromatic N) is 3. The van der Waals surface area contributed by atoms with Crippen LogP contribution in [0, 0.1) is 13.8 Å². The van der Waals surface area contributed by atoms with Crippen LogP contribution in [0.1, 0.15) is 16.8 Å². The molecule has 26 heavy (non-hydrogen) atoms. The molecule has 4 nitrogen and oxygen atoms in total. The van der Waals surface area contributed by atoms with E-state index in [1.54, 1.807) is 0 Å². The zero-order valence-electron chi connectivity index (χ0n) is 14.6. The SMILES string of the molecule is Cc1cc(OCc2cccc(Br)c2)nc2c1c(C)nn2-c1ccccc1. The Bertz CT molecular complexity index is 1070.